The Morgan fingerprint density at radius 1 is 1.27 bits per heavy atom. The second kappa shape index (κ2) is 6.13. The molecule has 22 heavy (non-hydrogen) atoms. The zero-order chi connectivity index (χ0) is 15.7. The molecule has 0 aliphatic heterocycles. The van der Waals surface area contributed by atoms with Crippen LogP contribution in [-0.2, 0) is 26.4 Å². The maximum absolute atomic E-state index is 4.57. The fourth-order valence-electron chi connectivity index (χ4n) is 3.57. The molecule has 0 saturated carbocycles. The van der Waals surface area contributed by atoms with Gasteiger partial charge in [0.1, 0.15) is 5.82 Å². The number of hydrogen-bond donors (Lipinski definition) is 1. The minimum atomic E-state index is 0.560. The first-order chi connectivity index (χ1) is 10.6. The van der Waals surface area contributed by atoms with Crippen LogP contribution in [0.4, 0.5) is 5.82 Å². The van der Waals surface area contributed by atoms with Gasteiger partial charge in [0, 0.05) is 39.3 Å². The third kappa shape index (κ3) is 2.88. The molecule has 0 bridgehead atoms. The normalized spacial score (nSPS) is 17.4. The summed E-state index contributed by atoms with van der Waals surface area (Å²) >= 11 is 0. The average Bonchev–Trinajstić information content (AvgIpc) is 2.78. The minimum Gasteiger partial charge on any atom is -0.363 e. The molecule has 4 nitrogen and oxygen atoms in total. The van der Waals surface area contributed by atoms with Gasteiger partial charge in [0.2, 0.25) is 0 Å². The van der Waals surface area contributed by atoms with Gasteiger partial charge in [-0.15, -0.1) is 0 Å². The molecular weight excluding hydrogens is 272 g/mol. The Morgan fingerprint density at radius 2 is 2.00 bits per heavy atom. The zero-order valence-corrected chi connectivity index (χ0v) is 14.1. The molecule has 1 N–H and O–H groups in total. The molecular formula is C18H26N4. The first-order valence-corrected chi connectivity index (χ1v) is 8.06. The Hall–Kier alpha value is -1.81. The molecule has 0 amide bonds. The van der Waals surface area contributed by atoms with Crippen LogP contribution in [0.15, 0.2) is 24.3 Å². The molecule has 1 aliphatic carbocycles. The summed E-state index contributed by atoms with van der Waals surface area (Å²) in [5, 5.41) is 8.32. The van der Waals surface area contributed by atoms with Crippen LogP contribution in [0.25, 0.3) is 0 Å². The highest BCUT2D eigenvalue weighted by Gasteiger charge is 2.20. The van der Waals surface area contributed by atoms with Crippen molar-refractivity contribution >= 4 is 5.82 Å². The Morgan fingerprint density at radius 3 is 2.73 bits per heavy atom. The van der Waals surface area contributed by atoms with Crippen molar-refractivity contribution in [2.24, 2.45) is 7.05 Å². The highest BCUT2D eigenvalue weighted by Crippen LogP contribution is 2.24. The summed E-state index contributed by atoms with van der Waals surface area (Å²) in [4.78, 5) is 2.15. The van der Waals surface area contributed by atoms with Crippen LogP contribution in [0.5, 0.6) is 0 Å². The fraction of sp³-hybridized carbons (Fsp3) is 0.500. The number of anilines is 1. The minimum absolute atomic E-state index is 0.560. The van der Waals surface area contributed by atoms with Gasteiger partial charge in [-0.05, 0) is 37.3 Å². The van der Waals surface area contributed by atoms with Crippen LogP contribution in [-0.4, -0.2) is 29.9 Å². The summed E-state index contributed by atoms with van der Waals surface area (Å²) in [6, 6.07) is 9.39. The lowest BCUT2D eigenvalue weighted by molar-refractivity contribution is 0.457. The van der Waals surface area contributed by atoms with Crippen molar-refractivity contribution in [2.45, 2.75) is 38.8 Å². The van der Waals surface area contributed by atoms with E-state index in [4.69, 9.17) is 0 Å². The van der Waals surface area contributed by atoms with Gasteiger partial charge in [-0.25, -0.2) is 0 Å². The molecule has 1 atom stereocenters. The highest BCUT2D eigenvalue weighted by molar-refractivity contribution is 5.48. The van der Waals surface area contributed by atoms with Crippen molar-refractivity contribution in [3.05, 3.63) is 46.6 Å². The molecule has 0 fully saturated rings. The highest BCUT2D eigenvalue weighted by atomic mass is 15.4. The molecule has 0 saturated heterocycles. The molecule has 2 aromatic rings. The monoisotopic (exact) mass is 298 g/mol. The van der Waals surface area contributed by atoms with Crippen LogP contribution in [0.1, 0.15) is 28.8 Å². The fourth-order valence-corrected chi connectivity index (χ4v) is 3.57. The number of nitrogens with one attached hydrogen (secondary N) is 1. The predicted octanol–water partition coefficient (Wildman–Crippen LogP) is 2.44. The van der Waals surface area contributed by atoms with Crippen LogP contribution in [0.2, 0.25) is 0 Å². The van der Waals surface area contributed by atoms with Crippen molar-refractivity contribution in [1.29, 1.82) is 0 Å². The van der Waals surface area contributed by atoms with E-state index >= 15 is 0 Å². The summed E-state index contributed by atoms with van der Waals surface area (Å²) < 4.78 is 1.97. The van der Waals surface area contributed by atoms with E-state index in [0.717, 1.165) is 18.7 Å². The summed E-state index contributed by atoms with van der Waals surface area (Å²) in [7, 11) is 6.18. The number of nitrogens with zero attached hydrogens (tertiary/aromatic N) is 3. The zero-order valence-electron chi connectivity index (χ0n) is 14.1. The van der Waals surface area contributed by atoms with Gasteiger partial charge in [-0.3, -0.25) is 4.68 Å². The van der Waals surface area contributed by atoms with Crippen molar-refractivity contribution in [3.8, 4) is 0 Å². The van der Waals surface area contributed by atoms with Crippen LogP contribution in [0, 0.1) is 6.92 Å². The van der Waals surface area contributed by atoms with Gasteiger partial charge < -0.3 is 10.2 Å². The van der Waals surface area contributed by atoms with Gasteiger partial charge in [0.05, 0.1) is 5.69 Å². The first kappa shape index (κ1) is 15.1. The van der Waals surface area contributed by atoms with Crippen molar-refractivity contribution < 1.29 is 0 Å². The summed E-state index contributed by atoms with van der Waals surface area (Å²) in [5.74, 6) is 1.20. The molecule has 118 valence electrons. The molecule has 1 aromatic carbocycles. The summed E-state index contributed by atoms with van der Waals surface area (Å²) in [5.41, 5.74) is 5.45. The number of fused-ring (bicyclic) bond motifs is 1. The van der Waals surface area contributed by atoms with E-state index in [1.807, 2.05) is 11.7 Å². The molecule has 4 heteroatoms. The lowest BCUT2D eigenvalue weighted by Gasteiger charge is -2.26. The lowest BCUT2D eigenvalue weighted by Crippen LogP contribution is -2.34. The van der Waals surface area contributed by atoms with E-state index in [-0.39, 0.29) is 0 Å². The van der Waals surface area contributed by atoms with Gasteiger partial charge in [0.25, 0.3) is 0 Å². The maximum Gasteiger partial charge on any atom is 0.130 e. The van der Waals surface area contributed by atoms with Crippen LogP contribution in [0.3, 0.4) is 0 Å². The van der Waals surface area contributed by atoms with E-state index in [1.165, 1.54) is 35.3 Å². The van der Waals surface area contributed by atoms with Gasteiger partial charge >= 0.3 is 0 Å². The number of aryl methyl sites for hydroxylation is 3. The second-order valence-electron chi connectivity index (χ2n) is 6.49. The molecule has 0 radical (unpaired) electrons. The Bertz CT molecular complexity index is 657. The average molecular weight is 298 g/mol. The lowest BCUT2D eigenvalue weighted by atomic mass is 9.88. The van der Waals surface area contributed by atoms with Gasteiger partial charge in [-0.1, -0.05) is 24.3 Å². The van der Waals surface area contributed by atoms with Gasteiger partial charge in [0.15, 0.2) is 0 Å². The summed E-state index contributed by atoms with van der Waals surface area (Å²) in [6.45, 7) is 2.99. The Labute approximate surface area is 133 Å². The Balaban J connectivity index is 1.69. The van der Waals surface area contributed by atoms with E-state index in [9.17, 15) is 0 Å². The molecule has 1 aromatic heterocycles. The third-order valence-electron chi connectivity index (χ3n) is 4.65. The topological polar surface area (TPSA) is 33.1 Å². The Kier molecular flexibility index (Phi) is 4.21. The SMILES string of the molecule is Cc1nn(C)c(N(C)C)c1CN[C@H]1CCc2ccccc2C1. The molecule has 0 unspecified atom stereocenters. The summed E-state index contributed by atoms with van der Waals surface area (Å²) in [6.07, 6.45) is 3.53. The number of hydrogen-bond acceptors (Lipinski definition) is 3. The number of rotatable bonds is 4. The van der Waals surface area contributed by atoms with E-state index in [0.29, 0.717) is 6.04 Å². The van der Waals surface area contributed by atoms with Crippen molar-refractivity contribution in [1.82, 2.24) is 15.1 Å². The third-order valence-corrected chi connectivity index (χ3v) is 4.65. The standard InChI is InChI=1S/C18H26N4/c1-13-17(18(21(2)3)22(4)20-13)12-19-16-10-9-14-7-5-6-8-15(14)11-16/h5-8,16,19H,9-12H2,1-4H3/t16-/m0/s1. The molecule has 0 spiro atoms. The van der Waals surface area contributed by atoms with E-state index in [1.54, 1.807) is 0 Å². The van der Waals surface area contributed by atoms with Crippen molar-refractivity contribution in [3.63, 3.8) is 0 Å². The number of aromatic nitrogens is 2. The van der Waals surface area contributed by atoms with Crippen molar-refractivity contribution in [2.75, 3.05) is 19.0 Å². The first-order valence-electron chi connectivity index (χ1n) is 8.06. The number of benzene rings is 1. The largest absolute Gasteiger partial charge is 0.363 e. The van der Waals surface area contributed by atoms with Crippen LogP contribution < -0.4 is 10.2 Å². The van der Waals surface area contributed by atoms with E-state index in [2.05, 4.69) is 60.6 Å². The predicted molar refractivity (Wildman–Crippen MR) is 91.4 cm³/mol. The molecule has 3 rings (SSSR count). The van der Waals surface area contributed by atoms with Crippen LogP contribution >= 0.6 is 0 Å². The molecule has 1 heterocycles. The molecule has 1 aliphatic rings. The maximum atomic E-state index is 4.57. The van der Waals surface area contributed by atoms with E-state index < -0.39 is 0 Å². The quantitative estimate of drug-likeness (QED) is 0.941. The van der Waals surface area contributed by atoms with Gasteiger partial charge in [-0.2, -0.15) is 5.10 Å². The second-order valence-corrected chi connectivity index (χ2v) is 6.49. The smallest absolute Gasteiger partial charge is 0.130 e.